The lowest BCUT2D eigenvalue weighted by atomic mass is 10.3. The molecule has 0 aromatic carbocycles. The molecule has 0 spiro atoms. The molecule has 1 aliphatic rings. The molecule has 2 nitrogen and oxygen atoms in total. The van der Waals surface area contributed by atoms with E-state index in [1.165, 1.54) is 0 Å². The highest BCUT2D eigenvalue weighted by atomic mass is 32.1. The van der Waals surface area contributed by atoms with E-state index in [0.717, 1.165) is 19.4 Å². The van der Waals surface area contributed by atoms with Gasteiger partial charge in [0.25, 0.3) is 0 Å². The van der Waals surface area contributed by atoms with E-state index in [4.69, 9.17) is 0 Å². The molecule has 1 aliphatic heterocycles. The molecule has 0 bridgehead atoms. The maximum absolute atomic E-state index is 4.10. The van der Waals surface area contributed by atoms with Crippen LogP contribution in [0, 0.1) is 0 Å². The standard InChI is InChI=1S/C4H8N2S/c7-4-2-1-3-5-6-4/h4,7H,1-3H2. The minimum absolute atomic E-state index is 0.189. The van der Waals surface area contributed by atoms with Crippen LogP contribution in [0.1, 0.15) is 12.8 Å². The summed E-state index contributed by atoms with van der Waals surface area (Å²) in [5.41, 5.74) is 0. The summed E-state index contributed by atoms with van der Waals surface area (Å²) in [5, 5.41) is 7.81. The summed E-state index contributed by atoms with van der Waals surface area (Å²) in [6.45, 7) is 0.900. The van der Waals surface area contributed by atoms with Gasteiger partial charge in [0.1, 0.15) is 5.37 Å². The SMILES string of the molecule is SC1CCCN=N1. The minimum Gasteiger partial charge on any atom is -0.193 e. The summed E-state index contributed by atoms with van der Waals surface area (Å²) >= 11 is 4.10. The number of azo groups is 1. The van der Waals surface area contributed by atoms with Crippen LogP contribution in [-0.2, 0) is 0 Å². The molecule has 0 radical (unpaired) electrons. The summed E-state index contributed by atoms with van der Waals surface area (Å²) in [6, 6.07) is 0. The van der Waals surface area contributed by atoms with Crippen molar-refractivity contribution in [3.8, 4) is 0 Å². The number of rotatable bonds is 0. The monoisotopic (exact) mass is 116 g/mol. The first-order valence-electron chi connectivity index (χ1n) is 2.44. The minimum atomic E-state index is 0.189. The average Bonchev–Trinajstić information content (AvgIpc) is 1.69. The van der Waals surface area contributed by atoms with Crippen molar-refractivity contribution in [2.24, 2.45) is 10.2 Å². The van der Waals surface area contributed by atoms with Crippen molar-refractivity contribution in [3.63, 3.8) is 0 Å². The molecule has 0 aromatic heterocycles. The smallest absolute Gasteiger partial charge is 0.113 e. The lowest BCUT2D eigenvalue weighted by molar-refractivity contribution is 0.622. The van der Waals surface area contributed by atoms with Crippen LogP contribution in [0.15, 0.2) is 10.2 Å². The van der Waals surface area contributed by atoms with Crippen LogP contribution in [0.5, 0.6) is 0 Å². The molecular formula is C4H8N2S. The first-order valence-corrected chi connectivity index (χ1v) is 2.96. The van der Waals surface area contributed by atoms with Gasteiger partial charge in [-0.15, -0.1) is 0 Å². The molecule has 1 rings (SSSR count). The largest absolute Gasteiger partial charge is 0.193 e. The van der Waals surface area contributed by atoms with Crippen LogP contribution in [0.25, 0.3) is 0 Å². The maximum Gasteiger partial charge on any atom is 0.113 e. The van der Waals surface area contributed by atoms with Crippen molar-refractivity contribution in [3.05, 3.63) is 0 Å². The molecule has 1 heterocycles. The molecule has 7 heavy (non-hydrogen) atoms. The van der Waals surface area contributed by atoms with Crippen molar-refractivity contribution in [2.75, 3.05) is 6.54 Å². The zero-order chi connectivity index (χ0) is 5.11. The maximum atomic E-state index is 4.10. The van der Waals surface area contributed by atoms with Crippen molar-refractivity contribution >= 4 is 12.6 Å². The summed E-state index contributed by atoms with van der Waals surface area (Å²) in [7, 11) is 0. The summed E-state index contributed by atoms with van der Waals surface area (Å²) < 4.78 is 0. The fourth-order valence-electron chi connectivity index (χ4n) is 0.554. The van der Waals surface area contributed by atoms with Crippen molar-refractivity contribution in [1.29, 1.82) is 0 Å². The highest BCUT2D eigenvalue weighted by Gasteiger charge is 2.02. The van der Waals surface area contributed by atoms with E-state index in [2.05, 4.69) is 22.9 Å². The topological polar surface area (TPSA) is 24.7 Å². The third kappa shape index (κ3) is 1.47. The molecule has 0 aromatic rings. The van der Waals surface area contributed by atoms with E-state index in [9.17, 15) is 0 Å². The molecule has 0 saturated heterocycles. The van der Waals surface area contributed by atoms with Gasteiger partial charge in [0, 0.05) is 0 Å². The van der Waals surface area contributed by atoms with Gasteiger partial charge in [-0.05, 0) is 12.8 Å². The third-order valence-electron chi connectivity index (χ3n) is 0.935. The summed E-state index contributed by atoms with van der Waals surface area (Å²) in [6.07, 6.45) is 2.24. The second kappa shape index (κ2) is 2.31. The van der Waals surface area contributed by atoms with Gasteiger partial charge in [-0.2, -0.15) is 22.9 Å². The van der Waals surface area contributed by atoms with Gasteiger partial charge in [0.2, 0.25) is 0 Å². The van der Waals surface area contributed by atoms with Gasteiger partial charge in [-0.1, -0.05) is 0 Å². The van der Waals surface area contributed by atoms with Crippen LogP contribution in [0.2, 0.25) is 0 Å². The van der Waals surface area contributed by atoms with Crippen LogP contribution in [0.4, 0.5) is 0 Å². The average molecular weight is 116 g/mol. The molecular weight excluding hydrogens is 108 g/mol. The van der Waals surface area contributed by atoms with Crippen LogP contribution in [-0.4, -0.2) is 11.9 Å². The number of nitrogens with zero attached hydrogens (tertiary/aromatic N) is 2. The van der Waals surface area contributed by atoms with Gasteiger partial charge < -0.3 is 0 Å². The van der Waals surface area contributed by atoms with Gasteiger partial charge in [-0.3, -0.25) is 0 Å². The predicted octanol–water partition coefficient (Wildman–Crippen LogP) is 1.49. The van der Waals surface area contributed by atoms with E-state index < -0.39 is 0 Å². The lowest BCUT2D eigenvalue weighted by Crippen LogP contribution is -1.99. The summed E-state index contributed by atoms with van der Waals surface area (Å²) in [5.74, 6) is 0. The Kier molecular flexibility index (Phi) is 1.68. The normalized spacial score (nSPS) is 30.7. The number of hydrogen-bond donors (Lipinski definition) is 1. The Balaban J connectivity index is 2.36. The second-order valence-electron chi connectivity index (χ2n) is 1.60. The number of hydrogen-bond acceptors (Lipinski definition) is 3. The molecule has 0 amide bonds. The fraction of sp³-hybridized carbons (Fsp3) is 1.00. The Morgan fingerprint density at radius 1 is 1.57 bits per heavy atom. The Morgan fingerprint density at radius 3 is 2.71 bits per heavy atom. The highest BCUT2D eigenvalue weighted by molar-refractivity contribution is 7.80. The van der Waals surface area contributed by atoms with Gasteiger partial charge >= 0.3 is 0 Å². The summed E-state index contributed by atoms with van der Waals surface area (Å²) in [4.78, 5) is 0. The molecule has 40 valence electrons. The predicted molar refractivity (Wildman–Crippen MR) is 31.7 cm³/mol. The quantitative estimate of drug-likeness (QED) is 0.464. The van der Waals surface area contributed by atoms with Crippen molar-refractivity contribution in [1.82, 2.24) is 0 Å². The first kappa shape index (κ1) is 5.09. The van der Waals surface area contributed by atoms with Gasteiger partial charge in [0.05, 0.1) is 6.54 Å². The molecule has 3 heteroatoms. The number of thiol groups is 1. The second-order valence-corrected chi connectivity index (χ2v) is 2.20. The van der Waals surface area contributed by atoms with Crippen molar-refractivity contribution < 1.29 is 0 Å². The fourth-order valence-corrected chi connectivity index (χ4v) is 0.810. The van der Waals surface area contributed by atoms with Gasteiger partial charge in [-0.25, -0.2) is 0 Å². The van der Waals surface area contributed by atoms with E-state index in [0.29, 0.717) is 0 Å². The molecule has 0 N–H and O–H groups in total. The van der Waals surface area contributed by atoms with Crippen molar-refractivity contribution in [2.45, 2.75) is 18.2 Å². The Hall–Kier alpha value is -0.0500. The Morgan fingerprint density at radius 2 is 2.43 bits per heavy atom. The molecule has 0 saturated carbocycles. The van der Waals surface area contributed by atoms with Crippen LogP contribution >= 0.6 is 12.6 Å². The zero-order valence-electron chi connectivity index (χ0n) is 4.04. The van der Waals surface area contributed by atoms with E-state index in [-0.39, 0.29) is 5.37 Å². The van der Waals surface area contributed by atoms with E-state index in [1.54, 1.807) is 0 Å². The van der Waals surface area contributed by atoms with Crippen LogP contribution < -0.4 is 0 Å². The zero-order valence-corrected chi connectivity index (χ0v) is 4.93. The molecule has 1 unspecified atom stereocenters. The molecule has 0 aliphatic carbocycles. The first-order chi connectivity index (χ1) is 3.39. The van der Waals surface area contributed by atoms with E-state index in [1.807, 2.05) is 0 Å². The lowest BCUT2D eigenvalue weighted by Gasteiger charge is -2.05. The molecule has 1 atom stereocenters. The van der Waals surface area contributed by atoms with Crippen LogP contribution in [0.3, 0.4) is 0 Å². The third-order valence-corrected chi connectivity index (χ3v) is 1.30. The van der Waals surface area contributed by atoms with E-state index >= 15 is 0 Å². The molecule has 0 fully saturated rings. The highest BCUT2D eigenvalue weighted by Crippen LogP contribution is 2.11. The Bertz CT molecular complexity index is 81.8. The van der Waals surface area contributed by atoms with Gasteiger partial charge in [0.15, 0.2) is 0 Å². The Labute approximate surface area is 48.4 Å².